The molecule has 2 aromatic carbocycles. The molecule has 238 valence electrons. The van der Waals surface area contributed by atoms with Crippen molar-refractivity contribution in [1.82, 2.24) is 15.0 Å². The van der Waals surface area contributed by atoms with E-state index in [1.165, 1.54) is 0 Å². The lowest BCUT2D eigenvalue weighted by atomic mass is 10.1. The van der Waals surface area contributed by atoms with Crippen molar-refractivity contribution in [2.75, 3.05) is 31.1 Å². The van der Waals surface area contributed by atoms with Gasteiger partial charge < -0.3 is 23.5 Å². The first kappa shape index (κ1) is 31.6. The maximum absolute atomic E-state index is 13.6. The molecule has 2 aliphatic rings. The third-order valence-corrected chi connectivity index (χ3v) is 13.8. The van der Waals surface area contributed by atoms with Crippen LogP contribution in [0, 0.1) is 0 Å². The smallest absolute Gasteiger partial charge is 0.282 e. The molecule has 45 heavy (non-hydrogen) atoms. The lowest BCUT2D eigenvalue weighted by Crippen LogP contribution is -2.66. The Balaban J connectivity index is 1.49. The van der Waals surface area contributed by atoms with E-state index in [9.17, 15) is 13.6 Å². The average molecular weight is 655 g/mol. The molecule has 2 saturated heterocycles. The van der Waals surface area contributed by atoms with Gasteiger partial charge in [-0.15, -0.1) is 0 Å². The first-order valence-corrected chi connectivity index (χ1v) is 17.4. The van der Waals surface area contributed by atoms with Crippen LogP contribution >= 0.6 is 11.6 Å². The van der Waals surface area contributed by atoms with Gasteiger partial charge in [0, 0.05) is 13.1 Å². The summed E-state index contributed by atoms with van der Waals surface area (Å²) in [6, 6.07) is 20.5. The van der Waals surface area contributed by atoms with Crippen molar-refractivity contribution in [2.45, 2.75) is 64.4 Å². The predicted octanol–water partition coefficient (Wildman–Crippen LogP) is 5.66. The molecule has 0 spiro atoms. The number of anilines is 1. The highest BCUT2D eigenvalue weighted by molar-refractivity contribution is 6.99. The van der Waals surface area contributed by atoms with Crippen LogP contribution in [0.4, 0.5) is 14.5 Å². The van der Waals surface area contributed by atoms with Gasteiger partial charge in [-0.2, -0.15) is 0 Å². The number of nitrogens with zero attached hydrogens (tertiary/aromatic N) is 4. The number of halogens is 3. The molecule has 0 N–H and O–H groups in total. The van der Waals surface area contributed by atoms with Gasteiger partial charge >= 0.3 is 0 Å². The van der Waals surface area contributed by atoms with Crippen molar-refractivity contribution in [2.24, 2.45) is 0 Å². The zero-order valence-corrected chi connectivity index (χ0v) is 27.8. The summed E-state index contributed by atoms with van der Waals surface area (Å²) in [6.07, 6.45) is -0.156. The number of benzene rings is 2. The van der Waals surface area contributed by atoms with Gasteiger partial charge in [0.2, 0.25) is 5.58 Å². The van der Waals surface area contributed by atoms with Gasteiger partial charge in [-0.1, -0.05) is 98.2 Å². The molecule has 4 aromatic rings. The summed E-state index contributed by atoms with van der Waals surface area (Å²) >= 11 is 7.09. The fourth-order valence-electron chi connectivity index (χ4n) is 6.62. The number of hydrogen-bond acceptors (Lipinski definition) is 7. The fourth-order valence-corrected chi connectivity index (χ4v) is 11.5. The van der Waals surface area contributed by atoms with Gasteiger partial charge in [0.1, 0.15) is 10.5 Å². The molecule has 0 radical (unpaired) electrons. The predicted molar refractivity (Wildman–Crippen MR) is 172 cm³/mol. The van der Waals surface area contributed by atoms with Gasteiger partial charge in [-0.3, -0.25) is 4.79 Å². The van der Waals surface area contributed by atoms with Gasteiger partial charge in [0.05, 0.1) is 43.3 Å². The summed E-state index contributed by atoms with van der Waals surface area (Å²) in [5.41, 5.74) is 1.23. The standard InChI is InChI=1S/C33H37ClF2N4O4Si/c1-21-16-39(17-22(2)43-21)29-25(37-27-28(38-44-30(27)26(29)34)31(41)40-19-33(35,36)20-40)18-42-45(32(3,4)5,23-12-8-6-9-13-23)24-14-10-7-11-15-24/h6-15,21-22H,16-20H2,1-5H3. The van der Waals surface area contributed by atoms with E-state index in [0.29, 0.717) is 24.5 Å². The number of pyridine rings is 1. The van der Waals surface area contributed by atoms with Crippen molar-refractivity contribution in [3.63, 3.8) is 0 Å². The Labute approximate surface area is 267 Å². The van der Waals surface area contributed by atoms with Crippen LogP contribution in [0.1, 0.15) is 50.8 Å². The lowest BCUT2D eigenvalue weighted by Gasteiger charge is -2.43. The average Bonchev–Trinajstić information content (AvgIpc) is 3.40. The SMILES string of the molecule is CC1CN(c2c(CO[Si](c3ccccc3)(c3ccccc3)C(C)(C)C)nc3c(C(=O)N4CC(F)(F)C4)noc3c2Cl)CC(C)O1. The Morgan fingerprint density at radius 2 is 1.58 bits per heavy atom. The zero-order valence-electron chi connectivity index (χ0n) is 26.0. The summed E-state index contributed by atoms with van der Waals surface area (Å²) in [7, 11) is -2.99. The molecular weight excluding hydrogens is 618 g/mol. The van der Waals surface area contributed by atoms with E-state index in [4.69, 9.17) is 30.3 Å². The molecule has 12 heteroatoms. The highest BCUT2D eigenvalue weighted by Crippen LogP contribution is 2.41. The first-order valence-electron chi connectivity index (χ1n) is 15.1. The van der Waals surface area contributed by atoms with E-state index in [-0.39, 0.29) is 45.7 Å². The Kier molecular flexibility index (Phi) is 8.26. The molecule has 0 aliphatic carbocycles. The molecule has 4 heterocycles. The van der Waals surface area contributed by atoms with E-state index in [0.717, 1.165) is 15.3 Å². The van der Waals surface area contributed by atoms with Crippen molar-refractivity contribution in [3.8, 4) is 0 Å². The molecule has 6 rings (SSSR count). The van der Waals surface area contributed by atoms with Gasteiger partial charge in [-0.05, 0) is 29.3 Å². The van der Waals surface area contributed by atoms with Gasteiger partial charge in [0.15, 0.2) is 5.69 Å². The Morgan fingerprint density at radius 1 is 1.02 bits per heavy atom. The van der Waals surface area contributed by atoms with E-state index >= 15 is 0 Å². The highest BCUT2D eigenvalue weighted by atomic mass is 35.5. The summed E-state index contributed by atoms with van der Waals surface area (Å²) in [4.78, 5) is 21.3. The molecular formula is C33H37ClF2N4O4Si. The largest absolute Gasteiger partial charge is 0.401 e. The topological polar surface area (TPSA) is 80.9 Å². The van der Waals surface area contributed by atoms with Crippen LogP contribution < -0.4 is 15.3 Å². The normalized spacial score (nSPS) is 20.4. The number of carbonyl (C=O) groups excluding carboxylic acids is 1. The monoisotopic (exact) mass is 654 g/mol. The van der Waals surface area contributed by atoms with Crippen molar-refractivity contribution in [1.29, 1.82) is 0 Å². The molecule has 2 atom stereocenters. The second-order valence-corrected chi connectivity index (χ2v) is 17.7. The van der Waals surface area contributed by atoms with E-state index < -0.39 is 33.2 Å². The minimum absolute atomic E-state index is 0.0684. The van der Waals surface area contributed by atoms with E-state index in [1.807, 2.05) is 50.2 Å². The molecule has 1 amide bonds. The minimum atomic E-state index is -2.99. The summed E-state index contributed by atoms with van der Waals surface area (Å²) in [5, 5.41) is 6.12. The van der Waals surface area contributed by atoms with E-state index in [2.05, 4.69) is 55.1 Å². The molecule has 2 aliphatic heterocycles. The highest BCUT2D eigenvalue weighted by Gasteiger charge is 2.51. The maximum atomic E-state index is 13.6. The molecule has 8 nitrogen and oxygen atoms in total. The number of likely N-dealkylation sites (tertiary alicyclic amines) is 1. The number of morpholine rings is 1. The van der Waals surface area contributed by atoms with Crippen LogP contribution in [0.3, 0.4) is 0 Å². The molecule has 2 fully saturated rings. The molecule has 0 bridgehead atoms. The summed E-state index contributed by atoms with van der Waals surface area (Å²) in [5.74, 6) is -3.60. The third-order valence-electron chi connectivity index (χ3n) is 8.51. The minimum Gasteiger partial charge on any atom is -0.401 e. The van der Waals surface area contributed by atoms with Crippen LogP contribution in [-0.4, -0.2) is 73.6 Å². The van der Waals surface area contributed by atoms with Crippen LogP contribution in [-0.2, 0) is 15.8 Å². The lowest BCUT2D eigenvalue weighted by molar-refractivity contribution is -0.113. The van der Waals surface area contributed by atoms with Crippen molar-refractivity contribution < 1.29 is 27.3 Å². The number of hydrogen-bond donors (Lipinski definition) is 0. The maximum Gasteiger partial charge on any atom is 0.282 e. The summed E-state index contributed by atoms with van der Waals surface area (Å²) < 4.78 is 46.1. The number of alkyl halides is 2. The second-order valence-electron chi connectivity index (χ2n) is 13.1. The zero-order chi connectivity index (χ0) is 32.1. The Bertz CT molecular complexity index is 1640. The number of carbonyl (C=O) groups is 1. The summed E-state index contributed by atoms with van der Waals surface area (Å²) in [6.45, 7) is 10.4. The third kappa shape index (κ3) is 5.75. The first-order chi connectivity index (χ1) is 21.3. The quantitative estimate of drug-likeness (QED) is 0.238. The van der Waals surface area contributed by atoms with Crippen LogP contribution in [0.2, 0.25) is 10.1 Å². The van der Waals surface area contributed by atoms with Crippen molar-refractivity contribution >= 4 is 53.0 Å². The van der Waals surface area contributed by atoms with Gasteiger partial charge in [-0.25, -0.2) is 13.8 Å². The van der Waals surface area contributed by atoms with Crippen LogP contribution in [0.25, 0.3) is 11.1 Å². The Morgan fingerprint density at radius 3 is 2.09 bits per heavy atom. The van der Waals surface area contributed by atoms with E-state index in [1.54, 1.807) is 0 Å². The van der Waals surface area contributed by atoms with Crippen LogP contribution in [0.15, 0.2) is 65.2 Å². The fraction of sp³-hybridized carbons (Fsp3) is 0.424. The number of ether oxygens (including phenoxy) is 1. The molecule has 0 saturated carbocycles. The number of aromatic nitrogens is 2. The number of rotatable bonds is 7. The van der Waals surface area contributed by atoms with Gasteiger partial charge in [0.25, 0.3) is 20.1 Å². The molecule has 2 aromatic heterocycles. The Hall–Kier alpha value is -3.38. The molecule has 2 unspecified atom stereocenters. The second kappa shape index (κ2) is 11.8. The van der Waals surface area contributed by atoms with Crippen molar-refractivity contribution in [3.05, 3.63) is 77.1 Å². The number of amides is 1. The number of fused-ring (bicyclic) bond motifs is 1. The van der Waals surface area contributed by atoms with Crippen LogP contribution in [0.5, 0.6) is 0 Å².